The van der Waals surface area contributed by atoms with Gasteiger partial charge in [0.25, 0.3) is 5.91 Å². The zero-order valence-electron chi connectivity index (χ0n) is 11.1. The van der Waals surface area contributed by atoms with E-state index < -0.39 is 6.10 Å². The Morgan fingerprint density at radius 1 is 1.26 bits per heavy atom. The van der Waals surface area contributed by atoms with Gasteiger partial charge in [0, 0.05) is 0 Å². The van der Waals surface area contributed by atoms with E-state index in [4.69, 9.17) is 9.47 Å². The van der Waals surface area contributed by atoms with Gasteiger partial charge in [-0.15, -0.1) is 0 Å². The second-order valence-corrected chi connectivity index (χ2v) is 5.15. The molecule has 1 atom stereocenters. The first-order valence-corrected chi connectivity index (χ1v) is 6.72. The molecule has 5 heteroatoms. The van der Waals surface area contributed by atoms with E-state index >= 15 is 0 Å². The SMILES string of the molecule is C[NH+]1CCN(C(=O)[C@@H]2COc3ccccc3O2)CC1. The van der Waals surface area contributed by atoms with Crippen LogP contribution in [0.25, 0.3) is 0 Å². The monoisotopic (exact) mass is 263 g/mol. The molecule has 3 rings (SSSR count). The Morgan fingerprint density at radius 2 is 1.95 bits per heavy atom. The first kappa shape index (κ1) is 12.3. The molecule has 2 aliphatic rings. The molecule has 1 aromatic carbocycles. The van der Waals surface area contributed by atoms with E-state index in [1.165, 1.54) is 4.90 Å². The Labute approximate surface area is 112 Å². The van der Waals surface area contributed by atoms with Crippen molar-refractivity contribution in [2.24, 2.45) is 0 Å². The number of fused-ring (bicyclic) bond motifs is 1. The number of para-hydroxylation sites is 2. The van der Waals surface area contributed by atoms with Gasteiger partial charge in [-0.3, -0.25) is 4.79 Å². The third kappa shape index (κ3) is 2.51. The van der Waals surface area contributed by atoms with E-state index in [9.17, 15) is 4.79 Å². The second kappa shape index (κ2) is 5.09. The van der Waals surface area contributed by atoms with Crippen LogP contribution in [0.5, 0.6) is 11.5 Å². The fourth-order valence-electron chi connectivity index (χ4n) is 2.45. The number of carbonyl (C=O) groups excluding carboxylic acids is 1. The molecule has 5 nitrogen and oxygen atoms in total. The molecule has 1 amide bonds. The summed E-state index contributed by atoms with van der Waals surface area (Å²) in [6.07, 6.45) is -0.506. The lowest BCUT2D eigenvalue weighted by Gasteiger charge is -2.34. The van der Waals surface area contributed by atoms with Gasteiger partial charge in [0.15, 0.2) is 11.5 Å². The first-order chi connectivity index (χ1) is 9.24. The topological polar surface area (TPSA) is 43.2 Å². The molecule has 0 radical (unpaired) electrons. The predicted octanol–water partition coefficient (Wildman–Crippen LogP) is -0.817. The number of quaternary nitrogens is 1. The summed E-state index contributed by atoms with van der Waals surface area (Å²) in [6.45, 7) is 3.89. The van der Waals surface area contributed by atoms with Crippen molar-refractivity contribution in [3.05, 3.63) is 24.3 Å². The third-order valence-electron chi connectivity index (χ3n) is 3.71. The molecular weight excluding hydrogens is 244 g/mol. The summed E-state index contributed by atoms with van der Waals surface area (Å²) in [4.78, 5) is 15.7. The normalized spacial score (nSPS) is 23.2. The van der Waals surface area contributed by atoms with Gasteiger partial charge in [0.2, 0.25) is 6.10 Å². The van der Waals surface area contributed by atoms with E-state index in [0.717, 1.165) is 31.9 Å². The Morgan fingerprint density at radius 3 is 2.68 bits per heavy atom. The molecule has 102 valence electrons. The highest BCUT2D eigenvalue weighted by molar-refractivity contribution is 5.82. The van der Waals surface area contributed by atoms with E-state index in [0.29, 0.717) is 12.4 Å². The molecule has 0 spiro atoms. The molecule has 0 aliphatic carbocycles. The zero-order chi connectivity index (χ0) is 13.2. The number of benzene rings is 1. The zero-order valence-corrected chi connectivity index (χ0v) is 11.1. The van der Waals surface area contributed by atoms with Gasteiger partial charge in [0.1, 0.15) is 6.61 Å². The van der Waals surface area contributed by atoms with Gasteiger partial charge in [-0.05, 0) is 12.1 Å². The fraction of sp³-hybridized carbons (Fsp3) is 0.500. The van der Waals surface area contributed by atoms with E-state index in [2.05, 4.69) is 7.05 Å². The summed E-state index contributed by atoms with van der Waals surface area (Å²) >= 11 is 0. The average molecular weight is 263 g/mol. The lowest BCUT2D eigenvalue weighted by molar-refractivity contribution is -0.883. The number of ether oxygens (including phenoxy) is 2. The van der Waals surface area contributed by atoms with Crippen molar-refractivity contribution in [1.29, 1.82) is 0 Å². The number of piperazine rings is 1. The quantitative estimate of drug-likeness (QED) is 0.720. The van der Waals surface area contributed by atoms with Crippen molar-refractivity contribution in [2.45, 2.75) is 6.10 Å². The Balaban J connectivity index is 1.66. The molecule has 0 unspecified atom stereocenters. The van der Waals surface area contributed by atoms with Crippen molar-refractivity contribution in [1.82, 2.24) is 4.90 Å². The maximum atomic E-state index is 12.4. The highest BCUT2D eigenvalue weighted by atomic mass is 16.6. The van der Waals surface area contributed by atoms with E-state index in [1.807, 2.05) is 29.2 Å². The van der Waals surface area contributed by atoms with Crippen LogP contribution < -0.4 is 14.4 Å². The molecular formula is C14H19N2O3+. The Kier molecular flexibility index (Phi) is 3.29. The average Bonchev–Trinajstić information content (AvgIpc) is 2.47. The van der Waals surface area contributed by atoms with Crippen LogP contribution in [0.4, 0.5) is 0 Å². The molecule has 1 aromatic rings. The first-order valence-electron chi connectivity index (χ1n) is 6.72. The number of hydrogen-bond acceptors (Lipinski definition) is 3. The molecule has 19 heavy (non-hydrogen) atoms. The van der Waals surface area contributed by atoms with Gasteiger partial charge in [-0.1, -0.05) is 12.1 Å². The van der Waals surface area contributed by atoms with Crippen LogP contribution in [-0.4, -0.2) is 56.7 Å². The summed E-state index contributed by atoms with van der Waals surface area (Å²) in [5.74, 6) is 1.42. The summed E-state index contributed by atoms with van der Waals surface area (Å²) in [6, 6.07) is 7.47. The van der Waals surface area contributed by atoms with E-state index in [1.54, 1.807) is 0 Å². The number of hydrogen-bond donors (Lipinski definition) is 1. The number of rotatable bonds is 1. The molecule has 0 bridgehead atoms. The van der Waals surface area contributed by atoms with E-state index in [-0.39, 0.29) is 5.91 Å². The number of amides is 1. The molecule has 0 aromatic heterocycles. The fourth-order valence-corrected chi connectivity index (χ4v) is 2.45. The minimum atomic E-state index is -0.506. The van der Waals surface area contributed by atoms with Gasteiger partial charge in [0.05, 0.1) is 33.2 Å². The smallest absolute Gasteiger partial charge is 0.267 e. The minimum Gasteiger partial charge on any atom is -0.485 e. The number of nitrogens with zero attached hydrogens (tertiary/aromatic N) is 1. The molecule has 2 heterocycles. The Hall–Kier alpha value is -1.75. The lowest BCUT2D eigenvalue weighted by atomic mass is 10.2. The molecule has 1 saturated heterocycles. The minimum absolute atomic E-state index is 0.0435. The summed E-state index contributed by atoms with van der Waals surface area (Å²) in [7, 11) is 2.15. The second-order valence-electron chi connectivity index (χ2n) is 5.15. The standard InChI is InChI=1S/C14H18N2O3/c1-15-6-8-16(9-7-15)14(17)13-10-18-11-4-2-3-5-12(11)19-13/h2-5,13H,6-10H2,1H3/p+1/t13-/m0/s1. The summed E-state index contributed by atoms with van der Waals surface area (Å²) in [5, 5.41) is 0. The van der Waals surface area contributed by atoms with Crippen LogP contribution in [0.2, 0.25) is 0 Å². The number of likely N-dealkylation sites (N-methyl/N-ethyl adjacent to an activating group) is 1. The van der Waals surface area contributed by atoms with Crippen LogP contribution >= 0.6 is 0 Å². The molecule has 1 fully saturated rings. The molecule has 2 aliphatic heterocycles. The van der Waals surface area contributed by atoms with Crippen molar-refractivity contribution >= 4 is 5.91 Å². The molecule has 0 saturated carbocycles. The van der Waals surface area contributed by atoms with Crippen LogP contribution in [0.1, 0.15) is 0 Å². The van der Waals surface area contributed by atoms with Crippen molar-refractivity contribution in [3.63, 3.8) is 0 Å². The molecule has 1 N–H and O–H groups in total. The summed E-state index contributed by atoms with van der Waals surface area (Å²) in [5.41, 5.74) is 0. The highest BCUT2D eigenvalue weighted by Crippen LogP contribution is 2.31. The number of carbonyl (C=O) groups is 1. The largest absolute Gasteiger partial charge is 0.485 e. The third-order valence-corrected chi connectivity index (χ3v) is 3.71. The Bertz CT molecular complexity index is 470. The number of nitrogens with one attached hydrogen (secondary N) is 1. The van der Waals surface area contributed by atoms with Crippen molar-refractivity contribution in [3.8, 4) is 11.5 Å². The van der Waals surface area contributed by atoms with Crippen LogP contribution in [0.3, 0.4) is 0 Å². The van der Waals surface area contributed by atoms with Gasteiger partial charge in [-0.2, -0.15) is 0 Å². The highest BCUT2D eigenvalue weighted by Gasteiger charge is 2.32. The lowest BCUT2D eigenvalue weighted by Crippen LogP contribution is -3.12. The van der Waals surface area contributed by atoms with Gasteiger partial charge < -0.3 is 19.3 Å². The van der Waals surface area contributed by atoms with Crippen molar-refractivity contribution in [2.75, 3.05) is 39.8 Å². The van der Waals surface area contributed by atoms with Gasteiger partial charge >= 0.3 is 0 Å². The van der Waals surface area contributed by atoms with Crippen LogP contribution in [0.15, 0.2) is 24.3 Å². The predicted molar refractivity (Wildman–Crippen MR) is 69.6 cm³/mol. The van der Waals surface area contributed by atoms with Gasteiger partial charge in [-0.25, -0.2) is 0 Å². The van der Waals surface area contributed by atoms with Crippen molar-refractivity contribution < 1.29 is 19.2 Å². The maximum Gasteiger partial charge on any atom is 0.267 e. The van der Waals surface area contributed by atoms with Crippen LogP contribution in [-0.2, 0) is 4.79 Å². The maximum absolute atomic E-state index is 12.4. The summed E-state index contributed by atoms with van der Waals surface area (Å²) < 4.78 is 11.3. The van der Waals surface area contributed by atoms with Crippen LogP contribution in [0, 0.1) is 0 Å².